The minimum absolute atomic E-state index is 0.251. The van der Waals surface area contributed by atoms with Crippen LogP contribution in [0.3, 0.4) is 0 Å². The van der Waals surface area contributed by atoms with Gasteiger partial charge in [0.2, 0.25) is 0 Å². The molecule has 1 unspecified atom stereocenters. The number of methoxy groups -OCH3 is 1. The van der Waals surface area contributed by atoms with Crippen LogP contribution in [0.25, 0.3) is 0 Å². The lowest BCUT2D eigenvalue weighted by Gasteiger charge is -2.36. The molecule has 1 fully saturated rings. The summed E-state index contributed by atoms with van der Waals surface area (Å²) in [6.45, 7) is 5.17. The molecule has 4 heteroatoms. The van der Waals surface area contributed by atoms with Gasteiger partial charge in [-0.15, -0.1) is 0 Å². The molecule has 0 amide bonds. The molecule has 1 N–H and O–H groups in total. The third kappa shape index (κ3) is 3.71. The second kappa shape index (κ2) is 6.73. The fraction of sp³-hybridized carbons (Fsp3) is 0.600. The number of piperidine rings is 1. The summed E-state index contributed by atoms with van der Waals surface area (Å²) >= 11 is 3.47. The molecule has 1 aromatic carbocycles. The van der Waals surface area contributed by atoms with Crippen LogP contribution in [0.1, 0.15) is 31.4 Å². The molecule has 106 valence electrons. The molecule has 0 spiro atoms. The number of phenolic OH excluding ortho intramolecular Hbond substituents is 1. The van der Waals surface area contributed by atoms with E-state index in [9.17, 15) is 5.11 Å². The lowest BCUT2D eigenvalue weighted by Crippen LogP contribution is -2.36. The summed E-state index contributed by atoms with van der Waals surface area (Å²) in [6.07, 6.45) is 2.35. The van der Waals surface area contributed by atoms with E-state index in [2.05, 4.69) is 27.8 Å². The van der Waals surface area contributed by atoms with Crippen LogP contribution in [0.5, 0.6) is 5.75 Å². The van der Waals surface area contributed by atoms with E-state index in [4.69, 9.17) is 4.74 Å². The van der Waals surface area contributed by atoms with Crippen molar-refractivity contribution in [3.05, 3.63) is 28.2 Å². The molecule has 1 saturated heterocycles. The first-order chi connectivity index (χ1) is 9.11. The van der Waals surface area contributed by atoms with Gasteiger partial charge < -0.3 is 9.84 Å². The normalized spacial score (nSPS) is 19.5. The molecular formula is C15H22BrNO2. The highest BCUT2D eigenvalue weighted by Crippen LogP contribution is 2.33. The van der Waals surface area contributed by atoms with Gasteiger partial charge in [-0.05, 0) is 57.0 Å². The highest BCUT2D eigenvalue weighted by molar-refractivity contribution is 9.10. The van der Waals surface area contributed by atoms with Crippen LogP contribution >= 0.6 is 15.9 Å². The molecule has 0 aromatic heterocycles. The zero-order valence-corrected chi connectivity index (χ0v) is 13.2. The summed E-state index contributed by atoms with van der Waals surface area (Å²) in [5, 5.41) is 10.0. The molecule has 0 bridgehead atoms. The SMILES string of the molecule is COCC1CCN(C(C)c2cc(Br)ccc2O)CC1. The van der Waals surface area contributed by atoms with Gasteiger partial charge >= 0.3 is 0 Å². The number of aromatic hydroxyl groups is 1. The summed E-state index contributed by atoms with van der Waals surface area (Å²) in [6, 6.07) is 5.89. The zero-order chi connectivity index (χ0) is 13.8. The van der Waals surface area contributed by atoms with E-state index in [1.54, 1.807) is 13.2 Å². The molecule has 1 heterocycles. The van der Waals surface area contributed by atoms with Crippen LogP contribution < -0.4 is 0 Å². The van der Waals surface area contributed by atoms with Gasteiger partial charge in [-0.2, -0.15) is 0 Å². The number of halogens is 1. The monoisotopic (exact) mass is 327 g/mol. The molecule has 0 radical (unpaired) electrons. The summed E-state index contributed by atoms with van der Waals surface area (Å²) in [4.78, 5) is 2.44. The van der Waals surface area contributed by atoms with Crippen molar-refractivity contribution in [2.45, 2.75) is 25.8 Å². The molecule has 0 saturated carbocycles. The fourth-order valence-electron chi connectivity index (χ4n) is 2.80. The van der Waals surface area contributed by atoms with E-state index in [0.29, 0.717) is 11.7 Å². The van der Waals surface area contributed by atoms with Crippen molar-refractivity contribution in [2.24, 2.45) is 5.92 Å². The van der Waals surface area contributed by atoms with Gasteiger partial charge in [-0.25, -0.2) is 0 Å². The highest BCUT2D eigenvalue weighted by Gasteiger charge is 2.24. The molecular weight excluding hydrogens is 306 g/mol. The van der Waals surface area contributed by atoms with Crippen molar-refractivity contribution in [3.63, 3.8) is 0 Å². The van der Waals surface area contributed by atoms with E-state index in [1.807, 2.05) is 12.1 Å². The standard InChI is InChI=1S/C15H22BrNO2/c1-11(14-9-13(16)3-4-15(14)18)17-7-5-12(6-8-17)10-19-2/h3-4,9,11-12,18H,5-8,10H2,1-2H3. The van der Waals surface area contributed by atoms with Crippen molar-refractivity contribution < 1.29 is 9.84 Å². The minimum Gasteiger partial charge on any atom is -0.508 e. The Morgan fingerprint density at radius 1 is 1.42 bits per heavy atom. The number of hydrogen-bond acceptors (Lipinski definition) is 3. The van der Waals surface area contributed by atoms with Crippen molar-refractivity contribution >= 4 is 15.9 Å². The van der Waals surface area contributed by atoms with Crippen molar-refractivity contribution in [1.82, 2.24) is 4.90 Å². The molecule has 1 atom stereocenters. The van der Waals surface area contributed by atoms with Gasteiger partial charge in [0.05, 0.1) is 0 Å². The van der Waals surface area contributed by atoms with Gasteiger partial charge in [0.15, 0.2) is 0 Å². The van der Waals surface area contributed by atoms with Crippen molar-refractivity contribution in [1.29, 1.82) is 0 Å². The van der Waals surface area contributed by atoms with Gasteiger partial charge in [0.25, 0.3) is 0 Å². The topological polar surface area (TPSA) is 32.7 Å². The van der Waals surface area contributed by atoms with E-state index in [1.165, 1.54) is 12.8 Å². The number of ether oxygens (including phenoxy) is 1. The predicted octanol–water partition coefficient (Wildman–Crippen LogP) is 3.57. The van der Waals surface area contributed by atoms with Gasteiger partial charge in [0.1, 0.15) is 5.75 Å². The second-order valence-electron chi connectivity index (χ2n) is 5.31. The summed E-state index contributed by atoms with van der Waals surface area (Å²) < 4.78 is 6.25. The van der Waals surface area contributed by atoms with E-state index in [0.717, 1.165) is 29.7 Å². The number of likely N-dealkylation sites (tertiary alicyclic amines) is 1. The number of phenols is 1. The van der Waals surface area contributed by atoms with Crippen LogP contribution in [0.4, 0.5) is 0 Å². The van der Waals surface area contributed by atoms with Crippen LogP contribution in [0.2, 0.25) is 0 Å². The third-order valence-electron chi connectivity index (χ3n) is 4.04. The van der Waals surface area contributed by atoms with Crippen LogP contribution in [0.15, 0.2) is 22.7 Å². The first-order valence-corrected chi connectivity index (χ1v) is 7.62. The van der Waals surface area contributed by atoms with Gasteiger partial charge in [-0.3, -0.25) is 4.90 Å². The Bertz CT molecular complexity index is 417. The Kier molecular flexibility index (Phi) is 5.25. The van der Waals surface area contributed by atoms with Crippen LogP contribution in [-0.4, -0.2) is 36.8 Å². The zero-order valence-electron chi connectivity index (χ0n) is 11.6. The maximum Gasteiger partial charge on any atom is 0.120 e. The molecule has 1 aliphatic heterocycles. The van der Waals surface area contributed by atoms with E-state index < -0.39 is 0 Å². The largest absolute Gasteiger partial charge is 0.508 e. The first-order valence-electron chi connectivity index (χ1n) is 6.83. The van der Waals surface area contributed by atoms with Crippen LogP contribution in [-0.2, 0) is 4.74 Å². The molecule has 19 heavy (non-hydrogen) atoms. The van der Waals surface area contributed by atoms with Gasteiger partial charge in [0, 0.05) is 29.8 Å². The maximum atomic E-state index is 10.0. The number of rotatable bonds is 4. The third-order valence-corrected chi connectivity index (χ3v) is 4.53. The maximum absolute atomic E-state index is 10.0. The van der Waals surface area contributed by atoms with E-state index in [-0.39, 0.29) is 6.04 Å². The average Bonchev–Trinajstić information content (AvgIpc) is 2.42. The Hall–Kier alpha value is -0.580. The van der Waals surface area contributed by atoms with Crippen LogP contribution in [0, 0.1) is 5.92 Å². The minimum atomic E-state index is 0.251. The Morgan fingerprint density at radius 2 is 2.11 bits per heavy atom. The van der Waals surface area contributed by atoms with Crippen molar-refractivity contribution in [3.8, 4) is 5.75 Å². The summed E-state index contributed by atoms with van der Waals surface area (Å²) in [5.74, 6) is 1.07. The predicted molar refractivity (Wildman–Crippen MR) is 80.4 cm³/mol. The summed E-state index contributed by atoms with van der Waals surface area (Å²) in [5.41, 5.74) is 1.000. The second-order valence-corrected chi connectivity index (χ2v) is 6.23. The number of hydrogen-bond donors (Lipinski definition) is 1. The molecule has 2 rings (SSSR count). The molecule has 1 aliphatic rings. The lowest BCUT2D eigenvalue weighted by atomic mass is 9.95. The lowest BCUT2D eigenvalue weighted by molar-refractivity contribution is 0.0827. The Morgan fingerprint density at radius 3 is 2.74 bits per heavy atom. The van der Waals surface area contributed by atoms with Gasteiger partial charge in [-0.1, -0.05) is 15.9 Å². The Labute approximate surface area is 123 Å². The van der Waals surface area contributed by atoms with Crippen molar-refractivity contribution in [2.75, 3.05) is 26.8 Å². The highest BCUT2D eigenvalue weighted by atomic mass is 79.9. The number of nitrogens with zero attached hydrogens (tertiary/aromatic N) is 1. The molecule has 3 nitrogen and oxygen atoms in total. The quantitative estimate of drug-likeness (QED) is 0.917. The Balaban J connectivity index is 2.01. The molecule has 1 aromatic rings. The average molecular weight is 328 g/mol. The smallest absolute Gasteiger partial charge is 0.120 e. The number of benzene rings is 1. The molecule has 0 aliphatic carbocycles. The fourth-order valence-corrected chi connectivity index (χ4v) is 3.18. The van der Waals surface area contributed by atoms with E-state index >= 15 is 0 Å². The first kappa shape index (κ1) is 14.8. The summed E-state index contributed by atoms with van der Waals surface area (Å²) in [7, 11) is 1.77.